The van der Waals surface area contributed by atoms with Gasteiger partial charge in [0.1, 0.15) is 16.5 Å². The van der Waals surface area contributed by atoms with Gasteiger partial charge in [0.25, 0.3) is 0 Å². The normalized spacial score (nSPS) is 15.2. The molecule has 1 aliphatic rings. The standard InChI is InChI=1S/C19H21BrN4/c1-13-11-14(2)19(23-18(13)20)22-16-7-9-24(10-8-16)17-6-4-3-5-15(17)12-21/h3-6,11,16H,7-10H2,1-2H3,(H,22,23). The molecular formula is C19H21BrN4. The van der Waals surface area contributed by atoms with Crippen LogP contribution in [0, 0.1) is 25.2 Å². The Bertz CT molecular complexity index is 773. The van der Waals surface area contributed by atoms with E-state index in [4.69, 9.17) is 0 Å². The number of rotatable bonds is 3. The topological polar surface area (TPSA) is 52.0 Å². The van der Waals surface area contributed by atoms with Crippen molar-refractivity contribution in [3.8, 4) is 6.07 Å². The summed E-state index contributed by atoms with van der Waals surface area (Å²) in [5.41, 5.74) is 4.13. The number of hydrogen-bond donors (Lipinski definition) is 1. The predicted octanol–water partition coefficient (Wildman–Crippen LogP) is 4.41. The van der Waals surface area contributed by atoms with Crippen LogP contribution >= 0.6 is 15.9 Å². The number of para-hydroxylation sites is 1. The lowest BCUT2D eigenvalue weighted by Crippen LogP contribution is -2.39. The molecule has 1 N–H and O–H groups in total. The number of nitrogens with one attached hydrogen (secondary N) is 1. The second-order valence-electron chi connectivity index (χ2n) is 6.30. The van der Waals surface area contributed by atoms with E-state index in [0.29, 0.717) is 6.04 Å². The fourth-order valence-corrected chi connectivity index (χ4v) is 3.47. The van der Waals surface area contributed by atoms with Gasteiger partial charge in [0.2, 0.25) is 0 Å². The number of aromatic nitrogens is 1. The van der Waals surface area contributed by atoms with E-state index in [1.165, 1.54) is 5.56 Å². The second kappa shape index (κ2) is 7.23. The minimum absolute atomic E-state index is 0.413. The molecule has 2 heterocycles. The van der Waals surface area contributed by atoms with Crippen LogP contribution in [-0.4, -0.2) is 24.1 Å². The Morgan fingerprint density at radius 3 is 2.62 bits per heavy atom. The number of nitriles is 1. The highest BCUT2D eigenvalue weighted by atomic mass is 79.9. The Morgan fingerprint density at radius 2 is 1.92 bits per heavy atom. The third kappa shape index (κ3) is 3.54. The molecule has 5 heteroatoms. The highest BCUT2D eigenvalue weighted by Crippen LogP contribution is 2.26. The van der Waals surface area contributed by atoms with Crippen LogP contribution < -0.4 is 10.2 Å². The molecule has 1 aromatic carbocycles. The molecule has 0 amide bonds. The Hall–Kier alpha value is -2.06. The molecule has 3 rings (SSSR count). The maximum Gasteiger partial charge on any atom is 0.130 e. The molecular weight excluding hydrogens is 364 g/mol. The first-order chi connectivity index (χ1) is 11.6. The van der Waals surface area contributed by atoms with Crippen molar-refractivity contribution in [2.45, 2.75) is 32.7 Å². The van der Waals surface area contributed by atoms with Crippen molar-refractivity contribution >= 4 is 27.4 Å². The maximum absolute atomic E-state index is 9.27. The van der Waals surface area contributed by atoms with E-state index >= 15 is 0 Å². The second-order valence-corrected chi connectivity index (χ2v) is 7.05. The largest absolute Gasteiger partial charge is 0.370 e. The lowest BCUT2D eigenvalue weighted by molar-refractivity contribution is 0.525. The van der Waals surface area contributed by atoms with Gasteiger partial charge in [0.15, 0.2) is 0 Å². The van der Waals surface area contributed by atoms with E-state index in [1.54, 1.807) is 0 Å². The zero-order valence-corrected chi connectivity index (χ0v) is 15.6. The fraction of sp³-hybridized carbons (Fsp3) is 0.368. The number of pyridine rings is 1. The molecule has 2 aromatic rings. The van der Waals surface area contributed by atoms with Crippen LogP contribution in [0.3, 0.4) is 0 Å². The van der Waals surface area contributed by atoms with E-state index in [-0.39, 0.29) is 0 Å². The van der Waals surface area contributed by atoms with E-state index in [0.717, 1.165) is 53.2 Å². The number of benzene rings is 1. The van der Waals surface area contributed by atoms with Crippen LogP contribution in [0.4, 0.5) is 11.5 Å². The zero-order valence-electron chi connectivity index (χ0n) is 14.0. The summed E-state index contributed by atoms with van der Waals surface area (Å²) in [5.74, 6) is 0.961. The van der Waals surface area contributed by atoms with Gasteiger partial charge in [-0.15, -0.1) is 0 Å². The quantitative estimate of drug-likeness (QED) is 0.795. The maximum atomic E-state index is 9.27. The molecule has 0 aliphatic carbocycles. The number of nitrogens with zero attached hydrogens (tertiary/aromatic N) is 3. The highest BCUT2D eigenvalue weighted by molar-refractivity contribution is 9.10. The SMILES string of the molecule is Cc1cc(C)c(NC2CCN(c3ccccc3C#N)CC2)nc1Br. The Balaban J connectivity index is 1.66. The van der Waals surface area contributed by atoms with Crippen molar-refractivity contribution in [2.75, 3.05) is 23.3 Å². The van der Waals surface area contributed by atoms with Crippen LogP contribution in [-0.2, 0) is 0 Å². The van der Waals surface area contributed by atoms with Crippen molar-refractivity contribution in [2.24, 2.45) is 0 Å². The van der Waals surface area contributed by atoms with Crippen LogP contribution in [0.2, 0.25) is 0 Å². The Kier molecular flexibility index (Phi) is 5.06. The van der Waals surface area contributed by atoms with Gasteiger partial charge in [-0.05, 0) is 65.9 Å². The third-order valence-electron chi connectivity index (χ3n) is 4.54. The van der Waals surface area contributed by atoms with E-state index in [2.05, 4.69) is 57.1 Å². The number of piperidine rings is 1. The van der Waals surface area contributed by atoms with Gasteiger partial charge >= 0.3 is 0 Å². The molecule has 4 nitrogen and oxygen atoms in total. The monoisotopic (exact) mass is 384 g/mol. The molecule has 1 saturated heterocycles. The van der Waals surface area contributed by atoms with Crippen molar-refractivity contribution < 1.29 is 0 Å². The molecule has 0 radical (unpaired) electrons. The summed E-state index contributed by atoms with van der Waals surface area (Å²) in [5, 5.41) is 12.9. The summed E-state index contributed by atoms with van der Waals surface area (Å²) in [6, 6.07) is 12.7. The molecule has 0 bridgehead atoms. The average molecular weight is 385 g/mol. The van der Waals surface area contributed by atoms with Crippen molar-refractivity contribution in [3.63, 3.8) is 0 Å². The van der Waals surface area contributed by atoms with Crippen molar-refractivity contribution in [1.82, 2.24) is 4.98 Å². The molecule has 1 fully saturated rings. The number of anilines is 2. The zero-order chi connectivity index (χ0) is 17.1. The molecule has 0 atom stereocenters. The third-order valence-corrected chi connectivity index (χ3v) is 5.35. The van der Waals surface area contributed by atoms with Crippen LogP contribution in [0.15, 0.2) is 34.9 Å². The predicted molar refractivity (Wildman–Crippen MR) is 101 cm³/mol. The molecule has 0 saturated carbocycles. The first-order valence-corrected chi connectivity index (χ1v) is 9.02. The average Bonchev–Trinajstić information content (AvgIpc) is 2.60. The number of halogens is 1. The summed E-state index contributed by atoms with van der Waals surface area (Å²) in [6.45, 7) is 6.04. The first-order valence-electron chi connectivity index (χ1n) is 8.23. The summed E-state index contributed by atoms with van der Waals surface area (Å²) < 4.78 is 0.899. The van der Waals surface area contributed by atoms with E-state index in [9.17, 15) is 5.26 Å². The summed E-state index contributed by atoms with van der Waals surface area (Å²) in [4.78, 5) is 6.93. The van der Waals surface area contributed by atoms with Gasteiger partial charge in [-0.3, -0.25) is 0 Å². The fourth-order valence-electron chi connectivity index (χ4n) is 3.18. The molecule has 1 aromatic heterocycles. The van der Waals surface area contributed by atoms with E-state index < -0.39 is 0 Å². The van der Waals surface area contributed by atoms with Gasteiger partial charge in [0.05, 0.1) is 11.3 Å². The Labute approximate surface area is 151 Å². The lowest BCUT2D eigenvalue weighted by Gasteiger charge is -2.34. The molecule has 124 valence electrons. The van der Waals surface area contributed by atoms with Crippen LogP contribution in [0.5, 0.6) is 0 Å². The Morgan fingerprint density at radius 1 is 1.21 bits per heavy atom. The first kappa shape index (κ1) is 16.8. The van der Waals surface area contributed by atoms with Gasteiger partial charge < -0.3 is 10.2 Å². The molecule has 24 heavy (non-hydrogen) atoms. The summed E-state index contributed by atoms with van der Waals surface area (Å²) >= 11 is 3.51. The van der Waals surface area contributed by atoms with Gasteiger partial charge in [-0.1, -0.05) is 18.2 Å². The van der Waals surface area contributed by atoms with Crippen LogP contribution in [0.25, 0.3) is 0 Å². The van der Waals surface area contributed by atoms with Crippen molar-refractivity contribution in [3.05, 3.63) is 51.6 Å². The summed E-state index contributed by atoms with van der Waals surface area (Å²) in [6.07, 6.45) is 2.07. The summed E-state index contributed by atoms with van der Waals surface area (Å²) in [7, 11) is 0. The molecule has 1 aliphatic heterocycles. The van der Waals surface area contributed by atoms with E-state index in [1.807, 2.05) is 24.3 Å². The number of aryl methyl sites for hydroxylation is 2. The molecule has 0 spiro atoms. The van der Waals surface area contributed by atoms with Gasteiger partial charge in [-0.2, -0.15) is 5.26 Å². The minimum Gasteiger partial charge on any atom is -0.370 e. The minimum atomic E-state index is 0.413. The highest BCUT2D eigenvalue weighted by Gasteiger charge is 2.21. The van der Waals surface area contributed by atoms with Gasteiger partial charge in [-0.25, -0.2) is 4.98 Å². The van der Waals surface area contributed by atoms with Crippen molar-refractivity contribution in [1.29, 1.82) is 5.26 Å². The molecule has 0 unspecified atom stereocenters. The number of hydrogen-bond acceptors (Lipinski definition) is 4. The van der Waals surface area contributed by atoms with Crippen LogP contribution in [0.1, 0.15) is 29.5 Å². The lowest BCUT2D eigenvalue weighted by atomic mass is 10.0. The smallest absolute Gasteiger partial charge is 0.130 e. The van der Waals surface area contributed by atoms with Gasteiger partial charge in [0, 0.05) is 19.1 Å².